The van der Waals surface area contributed by atoms with Crippen molar-refractivity contribution in [1.82, 2.24) is 42.5 Å². The molecule has 26 nitrogen and oxygen atoms in total. The Labute approximate surface area is 430 Å². The molecule has 406 valence electrons. The molecule has 2 aromatic carbocycles. The van der Waals surface area contributed by atoms with Crippen LogP contribution in [-0.4, -0.2) is 158 Å². The van der Waals surface area contributed by atoms with Gasteiger partial charge in [-0.15, -0.1) is 0 Å². The molecule has 0 aliphatic heterocycles. The zero-order valence-electron chi connectivity index (χ0n) is 40.3. The van der Waals surface area contributed by atoms with Crippen LogP contribution < -0.4 is 48.3 Å². The summed E-state index contributed by atoms with van der Waals surface area (Å²) in [5.74, 6) is -12.2. The van der Waals surface area contributed by atoms with E-state index in [1.54, 1.807) is 60.7 Å². The molecule has 2 rings (SSSR count). The van der Waals surface area contributed by atoms with Gasteiger partial charge < -0.3 is 73.8 Å². The maximum Gasteiger partial charge on any atom is 0.327 e. The van der Waals surface area contributed by atoms with Crippen molar-refractivity contribution < 1.29 is 83.1 Å². The molecule has 0 aliphatic rings. The number of thiol groups is 1. The predicted octanol–water partition coefficient (Wildman–Crippen LogP) is -1.35. The number of urea groups is 1. The first kappa shape index (κ1) is 62.3. The van der Waals surface area contributed by atoms with Crippen molar-refractivity contribution in [2.75, 3.05) is 18.8 Å². The number of amides is 8. The van der Waals surface area contributed by atoms with E-state index < -0.39 is 139 Å². The number of unbranched alkanes of at least 4 members (excludes halogenated alkanes) is 4. The molecule has 2 aromatic rings. The number of aliphatic carboxylic acids is 5. The Morgan fingerprint density at radius 3 is 1.45 bits per heavy atom. The fraction of sp³-hybridized carbons (Fsp3) is 0.489. The summed E-state index contributed by atoms with van der Waals surface area (Å²) in [6.45, 7) is -0.293. The van der Waals surface area contributed by atoms with Crippen molar-refractivity contribution in [3.8, 4) is 0 Å². The Morgan fingerprint density at radius 2 is 0.932 bits per heavy atom. The molecular formula is C47H65N9O17S. The monoisotopic (exact) mass is 1060 g/mol. The molecule has 0 aliphatic carbocycles. The van der Waals surface area contributed by atoms with Gasteiger partial charge in [-0.05, 0) is 36.8 Å². The van der Waals surface area contributed by atoms with Gasteiger partial charge in [-0.2, -0.15) is 12.6 Å². The van der Waals surface area contributed by atoms with Crippen LogP contribution >= 0.6 is 12.6 Å². The number of carbonyl (C=O) groups excluding carboxylic acids is 7. The molecule has 0 saturated carbocycles. The molecule has 0 heterocycles. The van der Waals surface area contributed by atoms with Crippen molar-refractivity contribution in [3.05, 3.63) is 71.8 Å². The molecule has 0 aromatic heterocycles. The van der Waals surface area contributed by atoms with Gasteiger partial charge in [-0.3, -0.25) is 38.4 Å². The fourth-order valence-corrected chi connectivity index (χ4v) is 7.12. The lowest BCUT2D eigenvalue weighted by Gasteiger charge is -2.24. The lowest BCUT2D eigenvalue weighted by atomic mass is 10.0. The fourth-order valence-electron chi connectivity index (χ4n) is 6.88. The Hall–Kier alpha value is -7.81. The SMILES string of the molecule is NC(CNC(=O)C(Cc1ccccc1)NC(=O)C(Cc1ccccc1)NC(=O)CCCCCCCNC(=O)CCC(NC(=O)NC(CCC(=O)O)C(=O)O)C(=O)O)C(=O)NC(CC(=O)O)C(=O)NC(CS)C(=O)O. The van der Waals surface area contributed by atoms with Crippen molar-refractivity contribution in [2.24, 2.45) is 5.73 Å². The third-order valence-corrected chi connectivity index (χ3v) is 11.3. The minimum atomic E-state index is -1.73. The van der Waals surface area contributed by atoms with E-state index in [1.807, 2.05) is 5.32 Å². The zero-order valence-corrected chi connectivity index (χ0v) is 41.2. The Bertz CT molecular complexity index is 2240. The lowest BCUT2D eigenvalue weighted by Crippen LogP contribution is -2.58. The highest BCUT2D eigenvalue weighted by atomic mass is 32.1. The number of benzene rings is 2. The summed E-state index contributed by atoms with van der Waals surface area (Å²) in [5.41, 5.74) is 7.34. The van der Waals surface area contributed by atoms with E-state index in [9.17, 15) is 78.0 Å². The first-order valence-electron chi connectivity index (χ1n) is 23.5. The molecule has 0 fully saturated rings. The molecule has 0 spiro atoms. The minimum absolute atomic E-state index is 0.0349. The topological polar surface area (TPSA) is 428 Å². The average Bonchev–Trinajstić information content (AvgIpc) is 3.34. The summed E-state index contributed by atoms with van der Waals surface area (Å²) >= 11 is 3.85. The minimum Gasteiger partial charge on any atom is -0.481 e. The second kappa shape index (κ2) is 33.8. The van der Waals surface area contributed by atoms with Crippen LogP contribution in [0.1, 0.15) is 81.8 Å². The first-order valence-corrected chi connectivity index (χ1v) is 24.1. The maximum atomic E-state index is 14.0. The molecule has 27 heteroatoms. The van der Waals surface area contributed by atoms with E-state index in [1.165, 1.54) is 0 Å². The molecule has 15 N–H and O–H groups in total. The molecule has 0 radical (unpaired) electrons. The summed E-state index contributed by atoms with van der Waals surface area (Å²) in [6, 6.07) is 5.93. The number of hydrogen-bond donors (Lipinski definition) is 15. The van der Waals surface area contributed by atoms with Crippen LogP contribution in [0.25, 0.3) is 0 Å². The largest absolute Gasteiger partial charge is 0.481 e. The molecule has 74 heavy (non-hydrogen) atoms. The Morgan fingerprint density at radius 1 is 0.459 bits per heavy atom. The lowest BCUT2D eigenvalue weighted by molar-refractivity contribution is -0.143. The number of hydrogen-bond acceptors (Lipinski definition) is 14. The van der Waals surface area contributed by atoms with Crippen LogP contribution in [-0.2, 0) is 65.6 Å². The Kier molecular flexibility index (Phi) is 28.4. The third-order valence-electron chi connectivity index (χ3n) is 10.9. The van der Waals surface area contributed by atoms with Gasteiger partial charge in [0.05, 0.1) is 6.42 Å². The van der Waals surface area contributed by atoms with Crippen molar-refractivity contribution in [2.45, 2.75) is 126 Å². The molecule has 7 unspecified atom stereocenters. The van der Waals surface area contributed by atoms with Gasteiger partial charge in [-0.1, -0.05) is 79.9 Å². The van der Waals surface area contributed by atoms with Crippen molar-refractivity contribution in [3.63, 3.8) is 0 Å². The van der Waals surface area contributed by atoms with Gasteiger partial charge in [-0.25, -0.2) is 19.2 Å². The highest BCUT2D eigenvalue weighted by Crippen LogP contribution is 2.10. The second-order valence-corrected chi connectivity index (χ2v) is 17.3. The van der Waals surface area contributed by atoms with E-state index in [4.69, 9.17) is 10.8 Å². The molecular weight excluding hydrogens is 995 g/mol. The molecule has 8 amide bonds. The normalized spacial score (nSPS) is 13.6. The van der Waals surface area contributed by atoms with Gasteiger partial charge in [0.1, 0.15) is 42.3 Å². The van der Waals surface area contributed by atoms with Gasteiger partial charge in [0.15, 0.2) is 0 Å². The standard InChI is InChI=1S/C47H65N9O17S/c48-29(40(63)52-34(24-39(61)62)43(66)54-35(26-74)46(71)72)25-50-41(64)32(22-27-12-6-4-7-13-27)53-42(65)33(23-28-14-8-5-9-15-28)51-37(58)16-10-2-1-3-11-21-49-36(57)19-17-30(44(67)68)55-47(73)56-31(45(69)70)18-20-38(59)60/h4-9,12-15,29-35,74H,1-3,10-11,16-26,48H2,(H,49,57)(H,50,64)(H,51,58)(H,52,63)(H,53,65)(H,54,66)(H,59,60)(H,61,62)(H,67,68)(H,69,70)(H,71,72)(H2,55,56,73). The van der Waals surface area contributed by atoms with Crippen LogP contribution in [0.5, 0.6) is 0 Å². The smallest absolute Gasteiger partial charge is 0.327 e. The first-order chi connectivity index (χ1) is 35.1. The molecule has 0 saturated heterocycles. The van der Waals surface area contributed by atoms with Crippen molar-refractivity contribution >= 4 is 83.9 Å². The number of nitrogens with two attached hydrogens (primary N) is 1. The van der Waals surface area contributed by atoms with Gasteiger partial charge in [0.25, 0.3) is 0 Å². The average molecular weight is 1060 g/mol. The number of carbonyl (C=O) groups is 12. The Balaban J connectivity index is 1.95. The van der Waals surface area contributed by atoms with Crippen LogP contribution in [0.15, 0.2) is 60.7 Å². The summed E-state index contributed by atoms with van der Waals surface area (Å²) < 4.78 is 0. The van der Waals surface area contributed by atoms with Crippen LogP contribution in [0.3, 0.4) is 0 Å². The highest BCUT2D eigenvalue weighted by Gasteiger charge is 2.32. The summed E-state index contributed by atoms with van der Waals surface area (Å²) in [5, 5.41) is 64.9. The van der Waals surface area contributed by atoms with Crippen LogP contribution in [0.2, 0.25) is 0 Å². The van der Waals surface area contributed by atoms with E-state index >= 15 is 0 Å². The van der Waals surface area contributed by atoms with Crippen molar-refractivity contribution in [1.29, 1.82) is 0 Å². The third kappa shape index (κ3) is 25.5. The van der Waals surface area contributed by atoms with E-state index in [2.05, 4.69) is 49.8 Å². The van der Waals surface area contributed by atoms with E-state index in [-0.39, 0.29) is 44.4 Å². The second-order valence-electron chi connectivity index (χ2n) is 16.9. The quantitative estimate of drug-likeness (QED) is 0.0277. The number of carboxylic acids is 5. The maximum absolute atomic E-state index is 14.0. The summed E-state index contributed by atoms with van der Waals surface area (Å²) in [4.78, 5) is 148. The van der Waals surface area contributed by atoms with Crippen LogP contribution in [0, 0.1) is 0 Å². The number of carboxylic acid groups (broad SMARTS) is 5. The van der Waals surface area contributed by atoms with Gasteiger partial charge in [0.2, 0.25) is 35.4 Å². The molecule has 0 bridgehead atoms. The van der Waals surface area contributed by atoms with E-state index in [0.717, 1.165) is 0 Å². The highest BCUT2D eigenvalue weighted by molar-refractivity contribution is 7.80. The number of nitrogens with one attached hydrogen (secondary N) is 8. The van der Waals surface area contributed by atoms with Gasteiger partial charge >= 0.3 is 35.9 Å². The number of rotatable bonds is 36. The summed E-state index contributed by atoms with van der Waals surface area (Å²) in [6.07, 6.45) is 0.462. The van der Waals surface area contributed by atoms with Crippen LogP contribution in [0.4, 0.5) is 4.79 Å². The predicted molar refractivity (Wildman–Crippen MR) is 264 cm³/mol. The van der Waals surface area contributed by atoms with Gasteiger partial charge in [0, 0.05) is 50.9 Å². The van der Waals surface area contributed by atoms with E-state index in [0.29, 0.717) is 43.2 Å². The summed E-state index contributed by atoms with van der Waals surface area (Å²) in [7, 11) is 0. The molecule has 7 atom stereocenters. The zero-order chi connectivity index (χ0) is 55.2.